The maximum Gasteiger partial charge on any atom is 0.186 e. The van der Waals surface area contributed by atoms with Crippen molar-refractivity contribution in [1.82, 2.24) is 15.0 Å². The molecule has 2 aromatic rings. The Morgan fingerprint density at radius 1 is 1.33 bits per heavy atom. The number of nitrogens with zero attached hydrogens (tertiary/aromatic N) is 3. The molecule has 0 aliphatic carbocycles. The first kappa shape index (κ1) is 7.15. The molecule has 0 saturated heterocycles. The molecule has 3 nitrogen and oxygen atoms in total. The molecule has 0 saturated carbocycles. The fourth-order valence-electron chi connectivity index (χ4n) is 1.08. The van der Waals surface area contributed by atoms with Gasteiger partial charge in [-0.1, -0.05) is 5.21 Å². The van der Waals surface area contributed by atoms with Crippen LogP contribution in [0.4, 0.5) is 8.78 Å². The second-order valence-corrected chi connectivity index (χ2v) is 2.44. The number of rotatable bonds is 0. The lowest BCUT2D eigenvalue weighted by atomic mass is 10.3. The predicted octanol–water partition coefficient (Wildman–Crippen LogP) is 1.25. The van der Waals surface area contributed by atoms with Crippen molar-refractivity contribution in [3.8, 4) is 0 Å². The zero-order valence-corrected chi connectivity index (χ0v) is 6.25. The molecule has 1 aromatic heterocycles. The standard InChI is InChI=1S/C7H5F2N3/c1-12-7-5(10-11-12)3-2-4(8)6(7)9/h2-3H,1H3. The zero-order chi connectivity index (χ0) is 8.72. The normalized spacial score (nSPS) is 10.9. The van der Waals surface area contributed by atoms with Crippen molar-refractivity contribution in [2.75, 3.05) is 0 Å². The van der Waals surface area contributed by atoms with Crippen LogP contribution in [0, 0.1) is 11.6 Å². The molecule has 0 amide bonds. The minimum Gasteiger partial charge on any atom is -0.245 e. The number of aryl methyl sites for hydroxylation is 1. The summed E-state index contributed by atoms with van der Waals surface area (Å²) in [4.78, 5) is 0. The quantitative estimate of drug-likeness (QED) is 0.594. The van der Waals surface area contributed by atoms with Gasteiger partial charge in [0.25, 0.3) is 0 Å². The summed E-state index contributed by atoms with van der Waals surface area (Å²) in [5.74, 6) is -1.78. The molecular formula is C7H5F2N3. The highest BCUT2D eigenvalue weighted by molar-refractivity contribution is 5.74. The first-order chi connectivity index (χ1) is 5.70. The van der Waals surface area contributed by atoms with Crippen LogP contribution < -0.4 is 0 Å². The van der Waals surface area contributed by atoms with E-state index in [1.807, 2.05) is 0 Å². The van der Waals surface area contributed by atoms with Crippen LogP contribution in [-0.4, -0.2) is 15.0 Å². The Morgan fingerprint density at radius 2 is 2.08 bits per heavy atom. The third-order valence-corrected chi connectivity index (χ3v) is 1.66. The van der Waals surface area contributed by atoms with Crippen molar-refractivity contribution in [3.05, 3.63) is 23.8 Å². The second-order valence-electron chi connectivity index (χ2n) is 2.44. The van der Waals surface area contributed by atoms with Gasteiger partial charge in [0.2, 0.25) is 0 Å². The van der Waals surface area contributed by atoms with E-state index in [9.17, 15) is 8.78 Å². The van der Waals surface area contributed by atoms with Crippen LogP contribution in [0.15, 0.2) is 12.1 Å². The van der Waals surface area contributed by atoms with Gasteiger partial charge in [-0.15, -0.1) is 5.10 Å². The topological polar surface area (TPSA) is 30.7 Å². The molecule has 12 heavy (non-hydrogen) atoms. The van der Waals surface area contributed by atoms with Gasteiger partial charge in [-0.05, 0) is 12.1 Å². The number of hydrogen-bond donors (Lipinski definition) is 0. The Morgan fingerprint density at radius 3 is 2.83 bits per heavy atom. The Hall–Kier alpha value is -1.52. The van der Waals surface area contributed by atoms with E-state index in [1.54, 1.807) is 0 Å². The lowest BCUT2D eigenvalue weighted by Gasteiger charge is -1.94. The zero-order valence-electron chi connectivity index (χ0n) is 6.25. The number of halogens is 2. The molecule has 0 radical (unpaired) electrons. The van der Waals surface area contributed by atoms with E-state index in [1.165, 1.54) is 17.8 Å². The van der Waals surface area contributed by atoms with E-state index < -0.39 is 11.6 Å². The van der Waals surface area contributed by atoms with E-state index in [-0.39, 0.29) is 5.52 Å². The molecule has 0 atom stereocenters. The van der Waals surface area contributed by atoms with Crippen molar-refractivity contribution in [1.29, 1.82) is 0 Å². The summed E-state index contributed by atoms with van der Waals surface area (Å²) >= 11 is 0. The van der Waals surface area contributed by atoms with Gasteiger partial charge in [-0.3, -0.25) is 0 Å². The Kier molecular flexibility index (Phi) is 1.33. The van der Waals surface area contributed by atoms with E-state index in [0.29, 0.717) is 5.52 Å². The van der Waals surface area contributed by atoms with Crippen molar-refractivity contribution in [2.24, 2.45) is 7.05 Å². The van der Waals surface area contributed by atoms with Crippen LogP contribution >= 0.6 is 0 Å². The maximum atomic E-state index is 13.0. The summed E-state index contributed by atoms with van der Waals surface area (Å²) in [6.45, 7) is 0. The van der Waals surface area contributed by atoms with Crippen molar-refractivity contribution < 1.29 is 8.78 Å². The van der Waals surface area contributed by atoms with Gasteiger partial charge in [0, 0.05) is 7.05 Å². The SMILES string of the molecule is Cn1nnc2ccc(F)c(F)c21. The van der Waals surface area contributed by atoms with E-state index in [2.05, 4.69) is 10.3 Å². The van der Waals surface area contributed by atoms with Gasteiger partial charge in [-0.2, -0.15) is 0 Å². The molecule has 0 unspecified atom stereocenters. The predicted molar refractivity (Wildman–Crippen MR) is 38.4 cm³/mol. The second kappa shape index (κ2) is 2.23. The van der Waals surface area contributed by atoms with Crippen molar-refractivity contribution in [3.63, 3.8) is 0 Å². The molecule has 0 N–H and O–H groups in total. The summed E-state index contributed by atoms with van der Waals surface area (Å²) in [6, 6.07) is 2.42. The van der Waals surface area contributed by atoms with Crippen molar-refractivity contribution >= 4 is 11.0 Å². The number of hydrogen-bond acceptors (Lipinski definition) is 2. The Labute approximate surface area is 66.6 Å². The van der Waals surface area contributed by atoms with E-state index in [0.717, 1.165) is 6.07 Å². The molecular weight excluding hydrogens is 164 g/mol. The molecule has 1 aromatic carbocycles. The number of aromatic nitrogens is 3. The summed E-state index contributed by atoms with van der Waals surface area (Å²) in [7, 11) is 1.51. The molecule has 62 valence electrons. The van der Waals surface area contributed by atoms with Crippen LogP contribution in [-0.2, 0) is 7.05 Å². The van der Waals surface area contributed by atoms with Crippen LogP contribution in [0.25, 0.3) is 11.0 Å². The van der Waals surface area contributed by atoms with Gasteiger partial charge >= 0.3 is 0 Å². The molecule has 0 aliphatic heterocycles. The highest BCUT2D eigenvalue weighted by Crippen LogP contribution is 2.16. The van der Waals surface area contributed by atoms with Crippen LogP contribution in [0.5, 0.6) is 0 Å². The summed E-state index contributed by atoms with van der Waals surface area (Å²) in [6.07, 6.45) is 0. The van der Waals surface area contributed by atoms with E-state index >= 15 is 0 Å². The highest BCUT2D eigenvalue weighted by Gasteiger charge is 2.11. The monoisotopic (exact) mass is 169 g/mol. The first-order valence-corrected chi connectivity index (χ1v) is 3.33. The molecule has 5 heteroatoms. The molecule has 0 fully saturated rings. The fourth-order valence-corrected chi connectivity index (χ4v) is 1.08. The van der Waals surface area contributed by atoms with Gasteiger partial charge in [-0.25, -0.2) is 13.5 Å². The average Bonchev–Trinajstić information content (AvgIpc) is 2.41. The molecule has 0 aliphatic rings. The minimum absolute atomic E-state index is 0.0926. The first-order valence-electron chi connectivity index (χ1n) is 3.33. The lowest BCUT2D eigenvalue weighted by Crippen LogP contribution is -1.94. The molecule has 1 heterocycles. The Balaban J connectivity index is 2.96. The third kappa shape index (κ3) is 0.792. The Bertz CT molecular complexity index is 435. The number of fused-ring (bicyclic) bond motifs is 1. The smallest absolute Gasteiger partial charge is 0.186 e. The molecule has 2 rings (SSSR count). The van der Waals surface area contributed by atoms with Gasteiger partial charge in [0.15, 0.2) is 11.6 Å². The van der Waals surface area contributed by atoms with E-state index in [4.69, 9.17) is 0 Å². The summed E-state index contributed by atoms with van der Waals surface area (Å²) in [5.41, 5.74) is 0.450. The maximum absolute atomic E-state index is 13.0. The van der Waals surface area contributed by atoms with Crippen LogP contribution in [0.2, 0.25) is 0 Å². The third-order valence-electron chi connectivity index (χ3n) is 1.66. The summed E-state index contributed by atoms with van der Waals surface area (Å²) in [5, 5.41) is 7.18. The van der Waals surface area contributed by atoms with Gasteiger partial charge < -0.3 is 0 Å². The van der Waals surface area contributed by atoms with Crippen LogP contribution in [0.3, 0.4) is 0 Å². The summed E-state index contributed by atoms with van der Waals surface area (Å²) < 4.78 is 26.9. The fraction of sp³-hybridized carbons (Fsp3) is 0.143. The number of benzene rings is 1. The van der Waals surface area contributed by atoms with Crippen molar-refractivity contribution in [2.45, 2.75) is 0 Å². The molecule has 0 bridgehead atoms. The largest absolute Gasteiger partial charge is 0.245 e. The molecule has 0 spiro atoms. The average molecular weight is 169 g/mol. The van der Waals surface area contributed by atoms with Gasteiger partial charge in [0.1, 0.15) is 11.0 Å². The lowest BCUT2D eigenvalue weighted by molar-refractivity contribution is 0.511. The van der Waals surface area contributed by atoms with Crippen LogP contribution in [0.1, 0.15) is 0 Å². The minimum atomic E-state index is -0.903. The van der Waals surface area contributed by atoms with Gasteiger partial charge in [0.05, 0.1) is 0 Å². The highest BCUT2D eigenvalue weighted by atomic mass is 19.2.